The molecule has 29 heavy (non-hydrogen) atoms. The van der Waals surface area contributed by atoms with E-state index in [0.717, 1.165) is 6.42 Å². The Morgan fingerprint density at radius 1 is 1.17 bits per heavy atom. The number of anilines is 1. The van der Waals surface area contributed by atoms with Gasteiger partial charge in [0, 0.05) is 31.2 Å². The second kappa shape index (κ2) is 7.42. The molecule has 0 saturated carbocycles. The molecule has 2 atom stereocenters. The predicted molar refractivity (Wildman–Crippen MR) is 104 cm³/mol. The molecule has 3 aliphatic rings. The maximum Gasteiger partial charge on any atom is 0.247 e. The number of ether oxygens (including phenoxy) is 2. The number of halogens is 1. The third kappa shape index (κ3) is 3.20. The Bertz CT molecular complexity index is 1020. The molecule has 156 valence electrons. The summed E-state index contributed by atoms with van der Waals surface area (Å²) in [5, 5.41) is 0. The average molecular weight is 422 g/mol. The normalized spacial score (nSPS) is 21.6. The number of piperidine rings is 1. The Balaban J connectivity index is 1.61. The number of hydrogen-bond donors (Lipinski definition) is 0. The molecule has 8 nitrogen and oxygen atoms in total. The molecule has 3 fully saturated rings. The minimum absolute atomic E-state index is 0.0731. The van der Waals surface area contributed by atoms with Gasteiger partial charge in [0.1, 0.15) is 22.7 Å². The van der Waals surface area contributed by atoms with Crippen LogP contribution in [0.1, 0.15) is 19.0 Å². The third-order valence-corrected chi connectivity index (χ3v) is 7.56. The Kier molecular flexibility index (Phi) is 5.07. The van der Waals surface area contributed by atoms with Crippen molar-refractivity contribution in [2.45, 2.75) is 36.7 Å². The van der Waals surface area contributed by atoms with Crippen LogP contribution in [0.25, 0.3) is 0 Å². The molecule has 3 aliphatic heterocycles. The van der Waals surface area contributed by atoms with Crippen molar-refractivity contribution >= 4 is 15.8 Å². The summed E-state index contributed by atoms with van der Waals surface area (Å²) < 4.78 is 53.3. The molecular formula is C19H23FN4O4S. The van der Waals surface area contributed by atoms with E-state index < -0.39 is 15.8 Å². The molecule has 5 rings (SSSR count). The molecule has 0 aliphatic carbocycles. The number of methoxy groups -OCH3 is 2. The van der Waals surface area contributed by atoms with Gasteiger partial charge in [0.05, 0.1) is 19.9 Å². The molecule has 4 heterocycles. The van der Waals surface area contributed by atoms with Crippen LogP contribution in [-0.4, -0.2) is 62.1 Å². The fourth-order valence-corrected chi connectivity index (χ4v) is 6.09. The van der Waals surface area contributed by atoms with Gasteiger partial charge < -0.3 is 14.4 Å². The van der Waals surface area contributed by atoms with E-state index >= 15 is 0 Å². The molecule has 3 saturated heterocycles. The summed E-state index contributed by atoms with van der Waals surface area (Å²) in [5.41, 5.74) is 0.361. The highest BCUT2D eigenvalue weighted by molar-refractivity contribution is 7.89. The van der Waals surface area contributed by atoms with Gasteiger partial charge in [0.25, 0.3) is 0 Å². The van der Waals surface area contributed by atoms with Crippen molar-refractivity contribution < 1.29 is 22.3 Å². The van der Waals surface area contributed by atoms with E-state index in [1.54, 1.807) is 12.1 Å². The van der Waals surface area contributed by atoms with Crippen LogP contribution in [0.2, 0.25) is 0 Å². The molecule has 2 aromatic rings. The van der Waals surface area contributed by atoms with E-state index in [4.69, 9.17) is 9.47 Å². The minimum Gasteiger partial charge on any atom is -0.497 e. The van der Waals surface area contributed by atoms with Crippen LogP contribution in [0, 0.1) is 5.82 Å². The van der Waals surface area contributed by atoms with E-state index in [1.165, 1.54) is 30.9 Å². The summed E-state index contributed by atoms with van der Waals surface area (Å²) in [6, 6.07) is 4.19. The van der Waals surface area contributed by atoms with Crippen LogP contribution in [-0.2, 0) is 16.4 Å². The van der Waals surface area contributed by atoms with Gasteiger partial charge in [-0.3, -0.25) is 0 Å². The Labute approximate surface area is 169 Å². The summed E-state index contributed by atoms with van der Waals surface area (Å²) in [6.45, 7) is 2.58. The van der Waals surface area contributed by atoms with Crippen LogP contribution < -0.4 is 14.4 Å². The predicted octanol–water partition coefficient (Wildman–Crippen LogP) is 1.85. The highest BCUT2D eigenvalue weighted by Gasteiger charge is 2.52. The smallest absolute Gasteiger partial charge is 0.247 e. The number of rotatable bonds is 6. The fourth-order valence-electron chi connectivity index (χ4n) is 4.10. The lowest BCUT2D eigenvalue weighted by Gasteiger charge is -2.55. The lowest BCUT2D eigenvalue weighted by atomic mass is 9.91. The molecular weight excluding hydrogens is 399 g/mol. The monoisotopic (exact) mass is 422 g/mol. The van der Waals surface area contributed by atoms with Gasteiger partial charge in [0.15, 0.2) is 11.6 Å². The van der Waals surface area contributed by atoms with E-state index in [1.807, 2.05) is 11.8 Å². The van der Waals surface area contributed by atoms with E-state index in [0.29, 0.717) is 31.0 Å². The topological polar surface area (TPSA) is 84.9 Å². The quantitative estimate of drug-likeness (QED) is 0.702. The van der Waals surface area contributed by atoms with Crippen molar-refractivity contribution in [3.63, 3.8) is 0 Å². The average Bonchev–Trinajstić information content (AvgIpc) is 2.73. The number of sulfonamides is 1. The highest BCUT2D eigenvalue weighted by atomic mass is 32.2. The van der Waals surface area contributed by atoms with Crippen LogP contribution >= 0.6 is 0 Å². The first-order valence-electron chi connectivity index (χ1n) is 9.40. The number of hydrogen-bond acceptors (Lipinski definition) is 7. The second-order valence-electron chi connectivity index (χ2n) is 7.11. The van der Waals surface area contributed by atoms with Crippen molar-refractivity contribution in [3.05, 3.63) is 36.0 Å². The standard InChI is InChI=1S/C19H23FN4O4S/c1-4-15-18(20)19(22-11-21-15)23-9-12-7-13(10-23)24(12)29(25,26)17-8-14(27-2)5-6-16(17)28-3/h5-6,8,11-13H,4,7,9-10H2,1-3H3. The summed E-state index contributed by atoms with van der Waals surface area (Å²) >= 11 is 0. The summed E-state index contributed by atoms with van der Waals surface area (Å²) in [7, 11) is -0.876. The van der Waals surface area contributed by atoms with E-state index in [2.05, 4.69) is 9.97 Å². The zero-order valence-electron chi connectivity index (χ0n) is 16.5. The number of aryl methyl sites for hydroxylation is 1. The fraction of sp³-hybridized carbons (Fsp3) is 0.474. The van der Waals surface area contributed by atoms with Gasteiger partial charge in [0.2, 0.25) is 10.0 Å². The van der Waals surface area contributed by atoms with Crippen LogP contribution in [0.5, 0.6) is 11.5 Å². The van der Waals surface area contributed by atoms with Gasteiger partial charge in [-0.05, 0) is 25.0 Å². The maximum atomic E-state index is 14.6. The first-order chi connectivity index (χ1) is 13.9. The van der Waals surface area contributed by atoms with E-state index in [-0.39, 0.29) is 28.5 Å². The number of piperazine rings is 1. The largest absolute Gasteiger partial charge is 0.497 e. The molecule has 0 spiro atoms. The number of nitrogens with zero attached hydrogens (tertiary/aromatic N) is 4. The number of benzene rings is 1. The minimum atomic E-state index is -3.79. The van der Waals surface area contributed by atoms with Crippen LogP contribution in [0.4, 0.5) is 10.2 Å². The first kappa shape index (κ1) is 19.8. The SMILES string of the molecule is CCc1ncnc(N2CC3CC(C2)N3S(=O)(=O)c2cc(OC)ccc2OC)c1F. The lowest BCUT2D eigenvalue weighted by molar-refractivity contribution is 0.0868. The zero-order chi connectivity index (χ0) is 20.8. The molecule has 1 aromatic heterocycles. The second-order valence-corrected chi connectivity index (χ2v) is 8.92. The van der Waals surface area contributed by atoms with Gasteiger partial charge in [-0.1, -0.05) is 6.92 Å². The number of fused-ring (bicyclic) bond motifs is 2. The maximum absolute atomic E-state index is 14.6. The van der Waals surface area contributed by atoms with Gasteiger partial charge in [-0.15, -0.1) is 0 Å². The van der Waals surface area contributed by atoms with Gasteiger partial charge >= 0.3 is 0 Å². The summed E-state index contributed by atoms with van der Waals surface area (Å²) in [5.74, 6) is 0.511. The van der Waals surface area contributed by atoms with Gasteiger partial charge in [-0.2, -0.15) is 4.31 Å². The molecule has 0 amide bonds. The van der Waals surface area contributed by atoms with Crippen LogP contribution in [0.15, 0.2) is 29.4 Å². The Hall–Kier alpha value is -2.46. The zero-order valence-corrected chi connectivity index (χ0v) is 17.3. The summed E-state index contributed by atoms with van der Waals surface area (Å²) in [4.78, 5) is 9.95. The number of aromatic nitrogens is 2. The van der Waals surface area contributed by atoms with Crippen LogP contribution in [0.3, 0.4) is 0 Å². The van der Waals surface area contributed by atoms with Gasteiger partial charge in [-0.25, -0.2) is 22.8 Å². The van der Waals surface area contributed by atoms with Crippen molar-refractivity contribution in [3.8, 4) is 11.5 Å². The van der Waals surface area contributed by atoms with Crippen molar-refractivity contribution in [1.29, 1.82) is 0 Å². The third-order valence-electron chi connectivity index (χ3n) is 5.53. The lowest BCUT2D eigenvalue weighted by Crippen LogP contribution is -2.70. The molecule has 0 radical (unpaired) electrons. The Morgan fingerprint density at radius 3 is 2.52 bits per heavy atom. The van der Waals surface area contributed by atoms with Crippen molar-refractivity contribution in [1.82, 2.24) is 14.3 Å². The summed E-state index contributed by atoms with van der Waals surface area (Å²) in [6.07, 6.45) is 2.56. The molecule has 1 aromatic carbocycles. The molecule has 2 unspecified atom stereocenters. The Morgan fingerprint density at radius 2 is 1.90 bits per heavy atom. The van der Waals surface area contributed by atoms with Crippen molar-refractivity contribution in [2.75, 3.05) is 32.2 Å². The molecule has 0 N–H and O–H groups in total. The first-order valence-corrected chi connectivity index (χ1v) is 10.8. The van der Waals surface area contributed by atoms with E-state index in [9.17, 15) is 12.8 Å². The molecule has 2 bridgehead atoms. The highest BCUT2D eigenvalue weighted by Crippen LogP contribution is 2.41. The molecule has 10 heteroatoms. The van der Waals surface area contributed by atoms with Crippen molar-refractivity contribution in [2.24, 2.45) is 0 Å².